The van der Waals surface area contributed by atoms with Crippen LogP contribution in [0.25, 0.3) is 11.2 Å². The van der Waals surface area contributed by atoms with Gasteiger partial charge in [0.05, 0.1) is 12.9 Å². The molecule has 0 radical (unpaired) electrons. The molecule has 2 heterocycles. The summed E-state index contributed by atoms with van der Waals surface area (Å²) in [6, 6.07) is 0. The fraction of sp³-hybridized carbons (Fsp3) is 0.545. The summed E-state index contributed by atoms with van der Waals surface area (Å²) in [4.78, 5) is 12.3. The molecule has 116 valence electrons. The Bertz CT molecular complexity index is 598. The summed E-state index contributed by atoms with van der Waals surface area (Å²) in [6.07, 6.45) is -0.124. The highest BCUT2D eigenvalue weighted by molar-refractivity contribution is 7.18. The second kappa shape index (κ2) is 7.04. The third-order valence-electron chi connectivity index (χ3n) is 3.03. The zero-order valence-electron chi connectivity index (χ0n) is 11.3. The molecule has 10 heteroatoms. The number of alkyl halides is 1. The van der Waals surface area contributed by atoms with Gasteiger partial charge in [-0.15, -0.1) is 0 Å². The molecule has 0 aliphatic heterocycles. The van der Waals surface area contributed by atoms with Crippen molar-refractivity contribution in [2.45, 2.75) is 25.4 Å². The zero-order valence-corrected chi connectivity index (χ0v) is 12.5. The predicted octanol–water partition coefficient (Wildman–Crippen LogP) is 0.255. The molecule has 8 nitrogen and oxygen atoms in total. The van der Waals surface area contributed by atoms with Crippen LogP contribution in [0.4, 0.5) is 10.2 Å². The third-order valence-corrected chi connectivity index (χ3v) is 3.30. The van der Waals surface area contributed by atoms with Crippen LogP contribution < -0.4 is 5.09 Å². The summed E-state index contributed by atoms with van der Waals surface area (Å²) in [5.41, 5.74) is 1.07. The summed E-state index contributed by atoms with van der Waals surface area (Å²) in [6.45, 7) is 0.200. The number of fused-ring (bicyclic) bond motifs is 1. The summed E-state index contributed by atoms with van der Waals surface area (Å²) in [5, 5.41) is 21.4. The Hall–Kier alpha value is -1.41. The first-order chi connectivity index (χ1) is 10.1. The SMILES string of the molecule is C[C@@H](OC(CO)[C@H](O)CF)n1cnc2c(NP)ncnc21. The van der Waals surface area contributed by atoms with Crippen LogP contribution in [0.15, 0.2) is 12.7 Å². The average Bonchev–Trinajstić information content (AvgIpc) is 2.95. The van der Waals surface area contributed by atoms with Gasteiger partial charge in [-0.3, -0.25) is 4.57 Å². The molecule has 0 aromatic carbocycles. The number of aliphatic hydroxyl groups excluding tert-OH is 2. The minimum atomic E-state index is -1.38. The van der Waals surface area contributed by atoms with Crippen molar-refractivity contribution in [3.63, 3.8) is 0 Å². The lowest BCUT2D eigenvalue weighted by atomic mass is 10.2. The van der Waals surface area contributed by atoms with Gasteiger partial charge in [0.2, 0.25) is 0 Å². The Labute approximate surface area is 122 Å². The minimum Gasteiger partial charge on any atom is -0.394 e. The predicted molar refractivity (Wildman–Crippen MR) is 77.3 cm³/mol. The maximum atomic E-state index is 12.5. The molecule has 3 N–H and O–H groups in total. The minimum absolute atomic E-state index is 0.491. The lowest BCUT2D eigenvalue weighted by Crippen LogP contribution is -2.35. The van der Waals surface area contributed by atoms with E-state index in [0.29, 0.717) is 17.0 Å². The lowest BCUT2D eigenvalue weighted by Gasteiger charge is -2.24. The third kappa shape index (κ3) is 3.26. The highest BCUT2D eigenvalue weighted by atomic mass is 31.0. The Morgan fingerprint density at radius 3 is 2.86 bits per heavy atom. The normalized spacial score (nSPS) is 15.9. The van der Waals surface area contributed by atoms with E-state index in [-0.39, 0.29) is 0 Å². The number of halogens is 1. The summed E-state index contributed by atoms with van der Waals surface area (Å²) in [7, 11) is 2.32. The summed E-state index contributed by atoms with van der Waals surface area (Å²) < 4.78 is 19.6. The van der Waals surface area contributed by atoms with E-state index in [4.69, 9.17) is 9.84 Å². The standard InChI is InChI=1S/C11H17FN5O3P/c1-6(20-8(3-18)7(19)2-12)17-5-15-9-10(16-21)13-4-14-11(9)17/h4-8,18-19H,2-3,21H2,1H3,(H,13,14,16)/t6-,7-,8?/m1/s1. The molecule has 0 aliphatic carbocycles. The van der Waals surface area contributed by atoms with Gasteiger partial charge in [0.1, 0.15) is 31.4 Å². The van der Waals surface area contributed by atoms with Crippen molar-refractivity contribution in [2.75, 3.05) is 18.4 Å². The average molecular weight is 317 g/mol. The molecular weight excluding hydrogens is 300 g/mol. The Morgan fingerprint density at radius 2 is 2.24 bits per heavy atom. The van der Waals surface area contributed by atoms with Gasteiger partial charge in [-0.1, -0.05) is 0 Å². The van der Waals surface area contributed by atoms with Crippen LogP contribution in [0.5, 0.6) is 0 Å². The number of nitrogens with zero attached hydrogens (tertiary/aromatic N) is 4. The fourth-order valence-corrected chi connectivity index (χ4v) is 2.11. The maximum Gasteiger partial charge on any atom is 0.167 e. The van der Waals surface area contributed by atoms with E-state index in [2.05, 4.69) is 29.4 Å². The molecule has 21 heavy (non-hydrogen) atoms. The van der Waals surface area contributed by atoms with Gasteiger partial charge < -0.3 is 20.0 Å². The van der Waals surface area contributed by atoms with Gasteiger partial charge in [0, 0.05) is 0 Å². The van der Waals surface area contributed by atoms with Gasteiger partial charge in [-0.2, -0.15) is 0 Å². The molecule has 0 bridgehead atoms. The lowest BCUT2D eigenvalue weighted by molar-refractivity contribution is -0.119. The summed E-state index contributed by atoms with van der Waals surface area (Å²) >= 11 is 0. The number of hydrogen-bond donors (Lipinski definition) is 3. The number of aliphatic hydroxyl groups is 2. The van der Waals surface area contributed by atoms with Crippen LogP contribution in [-0.4, -0.2) is 55.2 Å². The van der Waals surface area contributed by atoms with Gasteiger partial charge in [-0.25, -0.2) is 19.3 Å². The number of ether oxygens (including phenoxy) is 1. The number of rotatable bonds is 7. The molecule has 4 atom stereocenters. The number of hydrogen-bond acceptors (Lipinski definition) is 7. The quantitative estimate of drug-likeness (QED) is 0.629. The number of nitrogens with one attached hydrogen (secondary N) is 1. The van der Waals surface area contributed by atoms with Gasteiger partial charge in [0.25, 0.3) is 0 Å². The Kier molecular flexibility index (Phi) is 5.35. The van der Waals surface area contributed by atoms with E-state index in [1.165, 1.54) is 12.7 Å². The molecule has 0 amide bonds. The highest BCUT2D eigenvalue weighted by Crippen LogP contribution is 2.23. The molecular formula is C11H17FN5O3P. The van der Waals surface area contributed by atoms with Crippen LogP contribution >= 0.6 is 9.39 Å². The van der Waals surface area contributed by atoms with Crippen LogP contribution in [0.3, 0.4) is 0 Å². The highest BCUT2D eigenvalue weighted by Gasteiger charge is 2.23. The Morgan fingerprint density at radius 1 is 1.48 bits per heavy atom. The van der Waals surface area contributed by atoms with Crippen molar-refractivity contribution >= 4 is 26.4 Å². The topological polar surface area (TPSA) is 105 Å². The summed E-state index contributed by atoms with van der Waals surface area (Å²) in [5.74, 6) is 0.540. The van der Waals surface area contributed by atoms with Crippen LogP contribution in [0.2, 0.25) is 0 Å². The van der Waals surface area contributed by atoms with Gasteiger partial charge in [0.15, 0.2) is 17.0 Å². The van der Waals surface area contributed by atoms with Crippen molar-refractivity contribution in [3.05, 3.63) is 12.7 Å². The van der Waals surface area contributed by atoms with E-state index in [0.717, 1.165) is 0 Å². The largest absolute Gasteiger partial charge is 0.394 e. The first-order valence-electron chi connectivity index (χ1n) is 6.26. The molecule has 0 saturated carbocycles. The van der Waals surface area contributed by atoms with Crippen LogP contribution in [0.1, 0.15) is 13.2 Å². The van der Waals surface area contributed by atoms with Crippen molar-refractivity contribution in [1.29, 1.82) is 0 Å². The van der Waals surface area contributed by atoms with Crippen molar-refractivity contribution < 1.29 is 19.3 Å². The van der Waals surface area contributed by atoms with Gasteiger partial charge in [-0.05, 0) is 16.3 Å². The number of imidazole rings is 1. The van der Waals surface area contributed by atoms with Crippen LogP contribution in [0, 0.1) is 0 Å². The van der Waals surface area contributed by atoms with Crippen molar-refractivity contribution in [2.24, 2.45) is 0 Å². The Balaban J connectivity index is 2.25. The first kappa shape index (κ1) is 16.0. The molecule has 0 spiro atoms. The molecule has 0 aliphatic rings. The van der Waals surface area contributed by atoms with E-state index in [1.54, 1.807) is 11.5 Å². The smallest absolute Gasteiger partial charge is 0.167 e. The molecule has 2 aromatic rings. The maximum absolute atomic E-state index is 12.5. The van der Waals surface area contributed by atoms with Gasteiger partial charge >= 0.3 is 0 Å². The number of aromatic nitrogens is 4. The fourth-order valence-electron chi connectivity index (χ4n) is 1.90. The van der Waals surface area contributed by atoms with E-state index in [1.807, 2.05) is 0 Å². The van der Waals surface area contributed by atoms with E-state index >= 15 is 0 Å². The van der Waals surface area contributed by atoms with Crippen molar-refractivity contribution in [1.82, 2.24) is 19.5 Å². The van der Waals surface area contributed by atoms with E-state index in [9.17, 15) is 9.50 Å². The van der Waals surface area contributed by atoms with Crippen LogP contribution in [-0.2, 0) is 4.74 Å². The zero-order chi connectivity index (χ0) is 15.4. The molecule has 0 fully saturated rings. The monoisotopic (exact) mass is 317 g/mol. The molecule has 2 unspecified atom stereocenters. The number of anilines is 1. The molecule has 0 saturated heterocycles. The van der Waals surface area contributed by atoms with Crippen molar-refractivity contribution in [3.8, 4) is 0 Å². The van der Waals surface area contributed by atoms with E-state index < -0.39 is 31.7 Å². The molecule has 2 aromatic heterocycles. The molecule has 2 rings (SSSR count). The first-order valence-corrected chi connectivity index (χ1v) is 6.84. The second-order valence-corrected chi connectivity index (χ2v) is 4.66. The second-order valence-electron chi connectivity index (χ2n) is 4.37.